The summed E-state index contributed by atoms with van der Waals surface area (Å²) in [7, 11) is 0. The molecule has 0 amide bonds. The van der Waals surface area contributed by atoms with Gasteiger partial charge in [0.1, 0.15) is 5.82 Å². The van der Waals surface area contributed by atoms with Crippen molar-refractivity contribution in [2.24, 2.45) is 17.3 Å². The summed E-state index contributed by atoms with van der Waals surface area (Å²) in [5, 5.41) is 0. The topological polar surface area (TPSA) is 0 Å². The Morgan fingerprint density at radius 3 is 2.41 bits per heavy atom. The zero-order chi connectivity index (χ0) is 16.9. The largest absolute Gasteiger partial charge is 0.207 e. The molecule has 0 saturated heterocycles. The number of hydrogen-bond acceptors (Lipinski definition) is 1. The molecular weight excluding hydrogens is 291 g/mol. The van der Waals surface area contributed by atoms with Gasteiger partial charge in [0.2, 0.25) is 0 Å². The highest BCUT2D eigenvalue weighted by Gasteiger charge is 2.27. The van der Waals surface area contributed by atoms with Gasteiger partial charge in [-0.2, -0.15) is 0 Å². The lowest BCUT2D eigenvalue weighted by Gasteiger charge is -2.30. The lowest BCUT2D eigenvalue weighted by Crippen LogP contribution is -2.29. The predicted octanol–water partition coefficient (Wildman–Crippen LogP) is 6.54. The number of hydrogen-bond donors (Lipinski definition) is 0. The molecule has 0 aliphatic rings. The lowest BCUT2D eigenvalue weighted by atomic mass is 9.77. The Morgan fingerprint density at radius 1 is 1.27 bits per heavy atom. The maximum absolute atomic E-state index is 13.5. The fourth-order valence-corrected chi connectivity index (χ4v) is 3.29. The van der Waals surface area contributed by atoms with Crippen LogP contribution in [0.1, 0.15) is 65.0 Å². The molecule has 0 fully saturated rings. The van der Waals surface area contributed by atoms with Crippen LogP contribution >= 0.6 is 12.2 Å². The predicted molar refractivity (Wildman–Crippen MR) is 99.1 cm³/mol. The summed E-state index contributed by atoms with van der Waals surface area (Å²) in [6, 6.07) is 5.46. The van der Waals surface area contributed by atoms with E-state index >= 15 is 0 Å². The van der Waals surface area contributed by atoms with E-state index in [1.165, 1.54) is 18.4 Å². The molecule has 0 nitrogen and oxygen atoms in total. The van der Waals surface area contributed by atoms with Crippen molar-refractivity contribution >= 4 is 17.1 Å². The number of aryl methyl sites for hydroxylation is 1. The third-order valence-corrected chi connectivity index (χ3v) is 5.23. The highest BCUT2D eigenvalue weighted by atomic mass is 32.1. The van der Waals surface area contributed by atoms with Gasteiger partial charge in [-0.05, 0) is 54.2 Å². The van der Waals surface area contributed by atoms with Gasteiger partial charge in [0.15, 0.2) is 0 Å². The molecule has 0 N–H and O–H groups in total. The summed E-state index contributed by atoms with van der Waals surface area (Å²) in [5.41, 5.74) is 1.96. The average Bonchev–Trinajstić information content (AvgIpc) is 2.40. The van der Waals surface area contributed by atoms with Crippen molar-refractivity contribution in [1.82, 2.24) is 0 Å². The molecule has 22 heavy (non-hydrogen) atoms. The quantitative estimate of drug-likeness (QED) is 0.514. The molecule has 0 heterocycles. The van der Waals surface area contributed by atoms with E-state index in [4.69, 9.17) is 12.2 Å². The minimum atomic E-state index is -0.127. The minimum Gasteiger partial charge on any atom is -0.207 e. The van der Waals surface area contributed by atoms with Gasteiger partial charge >= 0.3 is 0 Å². The molecule has 0 spiro atoms. The van der Waals surface area contributed by atoms with E-state index in [1.807, 2.05) is 19.1 Å². The van der Waals surface area contributed by atoms with Gasteiger partial charge in [-0.25, -0.2) is 4.39 Å². The van der Waals surface area contributed by atoms with Crippen molar-refractivity contribution in [1.29, 1.82) is 0 Å². The second-order valence-corrected chi connectivity index (χ2v) is 8.17. The van der Waals surface area contributed by atoms with Crippen molar-refractivity contribution in [3.05, 3.63) is 35.1 Å². The van der Waals surface area contributed by atoms with E-state index in [0.717, 1.165) is 23.3 Å². The fourth-order valence-electron chi connectivity index (χ4n) is 3.11. The van der Waals surface area contributed by atoms with Gasteiger partial charge < -0.3 is 0 Å². The lowest BCUT2D eigenvalue weighted by molar-refractivity contribution is 0.413. The van der Waals surface area contributed by atoms with Crippen molar-refractivity contribution < 1.29 is 4.39 Å². The van der Waals surface area contributed by atoms with Gasteiger partial charge in [0.25, 0.3) is 0 Å². The van der Waals surface area contributed by atoms with Crippen LogP contribution in [-0.4, -0.2) is 4.86 Å². The molecule has 0 aromatic heterocycles. The Balaban J connectivity index is 2.93. The first-order valence-electron chi connectivity index (χ1n) is 8.44. The molecule has 1 aromatic carbocycles. The maximum atomic E-state index is 13.5. The number of halogens is 1. The summed E-state index contributed by atoms with van der Waals surface area (Å²) in [4.78, 5) is 1.15. The molecule has 0 radical (unpaired) electrons. The third kappa shape index (κ3) is 5.79. The van der Waals surface area contributed by atoms with Crippen molar-refractivity contribution in [3.63, 3.8) is 0 Å². The van der Waals surface area contributed by atoms with E-state index in [0.29, 0.717) is 11.8 Å². The van der Waals surface area contributed by atoms with E-state index in [2.05, 4.69) is 34.6 Å². The van der Waals surface area contributed by atoms with Gasteiger partial charge in [-0.15, -0.1) is 0 Å². The zero-order valence-electron chi connectivity index (χ0n) is 15.0. The average molecular weight is 323 g/mol. The molecule has 124 valence electrons. The number of rotatable bonds is 7. The van der Waals surface area contributed by atoms with Gasteiger partial charge in [-0.3, -0.25) is 0 Å². The first-order valence-corrected chi connectivity index (χ1v) is 8.85. The highest BCUT2D eigenvalue weighted by molar-refractivity contribution is 7.80. The van der Waals surface area contributed by atoms with Crippen LogP contribution in [0.15, 0.2) is 18.2 Å². The molecule has 0 saturated carbocycles. The van der Waals surface area contributed by atoms with Gasteiger partial charge in [0, 0.05) is 4.86 Å². The number of thiocarbonyl (C=S) groups is 1. The highest BCUT2D eigenvalue weighted by Crippen LogP contribution is 2.30. The van der Waals surface area contributed by atoms with E-state index < -0.39 is 0 Å². The Bertz CT molecular complexity index is 499. The molecule has 1 aromatic rings. The smallest absolute Gasteiger partial charge is 0.126 e. The van der Waals surface area contributed by atoms with Crippen molar-refractivity contribution in [2.75, 3.05) is 0 Å². The summed E-state index contributed by atoms with van der Waals surface area (Å²) >= 11 is 5.80. The molecule has 2 atom stereocenters. The first kappa shape index (κ1) is 19.3. The Hall–Kier alpha value is -0.760. The van der Waals surface area contributed by atoms with Crippen LogP contribution in [0, 0.1) is 30.0 Å². The Kier molecular flexibility index (Phi) is 7.18. The molecule has 2 unspecified atom stereocenters. The summed E-state index contributed by atoms with van der Waals surface area (Å²) in [5.74, 6) is 0.941. The van der Waals surface area contributed by atoms with Crippen LogP contribution in [0.25, 0.3) is 0 Å². The molecule has 0 aliphatic carbocycles. The molecule has 0 aliphatic heterocycles. The van der Waals surface area contributed by atoms with Crippen molar-refractivity contribution in [2.45, 2.75) is 67.2 Å². The normalized spacial score (nSPS) is 14.7. The summed E-state index contributed by atoms with van der Waals surface area (Å²) in [6.07, 6.45) is 4.50. The van der Waals surface area contributed by atoms with Gasteiger partial charge in [0.05, 0.1) is 0 Å². The van der Waals surface area contributed by atoms with Crippen LogP contribution in [-0.2, 0) is 6.42 Å². The minimum absolute atomic E-state index is 0.0427. The van der Waals surface area contributed by atoms with Crippen LogP contribution < -0.4 is 0 Å². The van der Waals surface area contributed by atoms with Crippen molar-refractivity contribution in [3.8, 4) is 0 Å². The first-order chi connectivity index (χ1) is 10.1. The fraction of sp³-hybridized carbons (Fsp3) is 0.650. The third-order valence-electron chi connectivity index (χ3n) is 4.28. The maximum Gasteiger partial charge on any atom is 0.126 e. The number of benzene rings is 1. The monoisotopic (exact) mass is 322 g/mol. The van der Waals surface area contributed by atoms with E-state index in [-0.39, 0.29) is 11.2 Å². The van der Waals surface area contributed by atoms with Crippen LogP contribution in [0.4, 0.5) is 4.39 Å². The Labute approximate surface area is 141 Å². The zero-order valence-corrected chi connectivity index (χ0v) is 15.8. The summed E-state index contributed by atoms with van der Waals surface area (Å²) < 4.78 is 13.5. The Morgan fingerprint density at radius 2 is 1.91 bits per heavy atom. The SMILES string of the molecule is CCCC(C)CC(Cc1ccc(F)c(C)c1)C(=S)C(C)(C)C. The van der Waals surface area contributed by atoms with Crippen LogP contribution in [0.5, 0.6) is 0 Å². The second-order valence-electron chi connectivity index (χ2n) is 7.73. The molecule has 1 rings (SSSR count). The second kappa shape index (κ2) is 8.19. The van der Waals surface area contributed by atoms with Crippen LogP contribution in [0.3, 0.4) is 0 Å². The standard InChI is InChI=1S/C20H31FS/c1-7-8-14(2)11-17(19(22)20(4,5)6)13-16-9-10-18(21)15(3)12-16/h9-10,12,14,17H,7-8,11,13H2,1-6H3. The summed E-state index contributed by atoms with van der Waals surface area (Å²) in [6.45, 7) is 13.0. The molecule has 0 bridgehead atoms. The van der Waals surface area contributed by atoms with E-state index in [1.54, 1.807) is 6.07 Å². The molecule has 2 heteroatoms. The van der Waals surface area contributed by atoms with E-state index in [9.17, 15) is 4.39 Å². The van der Waals surface area contributed by atoms with Gasteiger partial charge in [-0.1, -0.05) is 71.8 Å². The van der Waals surface area contributed by atoms with Crippen LogP contribution in [0.2, 0.25) is 0 Å². The molecular formula is C20H31FS.